The van der Waals surface area contributed by atoms with Gasteiger partial charge < -0.3 is 15.6 Å². The number of rotatable bonds is 5. The quantitative estimate of drug-likeness (QED) is 0.615. The molecule has 0 spiro atoms. The molecule has 0 fully saturated rings. The van der Waals surface area contributed by atoms with Gasteiger partial charge >= 0.3 is 5.97 Å². The van der Waals surface area contributed by atoms with Crippen LogP contribution in [0.5, 0.6) is 0 Å². The summed E-state index contributed by atoms with van der Waals surface area (Å²) in [5.74, 6) is -0.643. The Morgan fingerprint density at radius 3 is 2.54 bits per heavy atom. The first-order chi connectivity index (χ1) is 5.99. The first-order valence-corrected chi connectivity index (χ1v) is 4.55. The molecular formula is C9H19NO3. The summed E-state index contributed by atoms with van der Waals surface area (Å²) >= 11 is 0. The molecular weight excluding hydrogens is 170 g/mol. The Balaban J connectivity index is 4.43. The molecule has 0 aromatic heterocycles. The fourth-order valence-corrected chi connectivity index (χ4v) is 1.14. The lowest BCUT2D eigenvalue weighted by molar-refractivity contribution is -0.165. The maximum Gasteiger partial charge on any atom is 0.339 e. The van der Waals surface area contributed by atoms with Crippen molar-refractivity contribution in [2.24, 2.45) is 5.73 Å². The van der Waals surface area contributed by atoms with Crippen LogP contribution in [0.3, 0.4) is 0 Å². The molecule has 0 aliphatic heterocycles. The Kier molecular flexibility index (Phi) is 4.95. The maximum atomic E-state index is 11.2. The van der Waals surface area contributed by atoms with E-state index < -0.39 is 17.6 Å². The molecule has 4 nitrogen and oxygen atoms in total. The lowest BCUT2D eigenvalue weighted by Gasteiger charge is -2.28. The highest BCUT2D eigenvalue weighted by molar-refractivity contribution is 5.80. The Morgan fingerprint density at radius 1 is 1.69 bits per heavy atom. The third kappa shape index (κ3) is 2.97. The van der Waals surface area contributed by atoms with E-state index >= 15 is 0 Å². The van der Waals surface area contributed by atoms with E-state index in [0.717, 1.165) is 12.8 Å². The fourth-order valence-electron chi connectivity index (χ4n) is 1.14. The van der Waals surface area contributed by atoms with Crippen molar-refractivity contribution in [1.29, 1.82) is 0 Å². The van der Waals surface area contributed by atoms with Gasteiger partial charge in [0.05, 0.1) is 7.11 Å². The van der Waals surface area contributed by atoms with Gasteiger partial charge in [0.15, 0.2) is 5.60 Å². The average molecular weight is 189 g/mol. The van der Waals surface area contributed by atoms with Crippen molar-refractivity contribution in [3.63, 3.8) is 0 Å². The largest absolute Gasteiger partial charge is 0.467 e. The standard InChI is InChI=1S/C9H19NO3/c1-4-5-6-9(12,7(2)10)8(11)13-3/h7,12H,4-6,10H2,1-3H3. The van der Waals surface area contributed by atoms with E-state index in [0.29, 0.717) is 6.42 Å². The highest BCUT2D eigenvalue weighted by Crippen LogP contribution is 2.19. The van der Waals surface area contributed by atoms with Crippen LogP contribution in [0.2, 0.25) is 0 Å². The van der Waals surface area contributed by atoms with E-state index in [4.69, 9.17) is 5.73 Å². The molecule has 0 aliphatic rings. The summed E-state index contributed by atoms with van der Waals surface area (Å²) < 4.78 is 4.50. The van der Waals surface area contributed by atoms with Gasteiger partial charge in [-0.2, -0.15) is 0 Å². The molecule has 2 unspecified atom stereocenters. The highest BCUT2D eigenvalue weighted by Gasteiger charge is 2.40. The molecule has 0 bridgehead atoms. The van der Waals surface area contributed by atoms with Crippen LogP contribution < -0.4 is 5.73 Å². The second-order valence-corrected chi connectivity index (χ2v) is 3.31. The van der Waals surface area contributed by atoms with Gasteiger partial charge in [0.2, 0.25) is 0 Å². The number of esters is 1. The predicted molar refractivity (Wildman–Crippen MR) is 50.1 cm³/mol. The zero-order valence-electron chi connectivity index (χ0n) is 8.54. The van der Waals surface area contributed by atoms with Crippen LogP contribution in [0, 0.1) is 0 Å². The molecule has 0 aromatic carbocycles. The molecule has 0 heterocycles. The number of ether oxygens (including phenoxy) is 1. The van der Waals surface area contributed by atoms with Crippen LogP contribution >= 0.6 is 0 Å². The molecule has 3 N–H and O–H groups in total. The molecule has 0 saturated carbocycles. The van der Waals surface area contributed by atoms with Crippen LogP contribution in [0.1, 0.15) is 33.1 Å². The molecule has 13 heavy (non-hydrogen) atoms. The highest BCUT2D eigenvalue weighted by atomic mass is 16.5. The van der Waals surface area contributed by atoms with Crippen molar-refractivity contribution in [2.75, 3.05) is 7.11 Å². The summed E-state index contributed by atoms with van der Waals surface area (Å²) in [5, 5.41) is 9.89. The number of carbonyl (C=O) groups is 1. The summed E-state index contributed by atoms with van der Waals surface area (Å²) in [5.41, 5.74) is 4.01. The van der Waals surface area contributed by atoms with Gasteiger partial charge in [0.25, 0.3) is 0 Å². The summed E-state index contributed by atoms with van der Waals surface area (Å²) in [7, 11) is 1.25. The monoisotopic (exact) mass is 189 g/mol. The molecule has 0 rings (SSSR count). The molecule has 0 saturated heterocycles. The average Bonchev–Trinajstić information content (AvgIpc) is 2.12. The summed E-state index contributed by atoms with van der Waals surface area (Å²) in [6, 6.07) is -0.605. The number of unbranched alkanes of at least 4 members (excludes halogenated alkanes) is 1. The molecule has 4 heteroatoms. The van der Waals surface area contributed by atoms with Crippen molar-refractivity contribution >= 4 is 5.97 Å². The predicted octanol–water partition coefficient (Wildman–Crippen LogP) is 0.428. The normalized spacial score (nSPS) is 17.6. The first-order valence-electron chi connectivity index (χ1n) is 4.55. The molecule has 0 radical (unpaired) electrons. The van der Waals surface area contributed by atoms with Gasteiger partial charge in [-0.15, -0.1) is 0 Å². The van der Waals surface area contributed by atoms with E-state index in [2.05, 4.69) is 4.74 Å². The van der Waals surface area contributed by atoms with Crippen molar-refractivity contribution in [3.05, 3.63) is 0 Å². The Bertz CT molecular complexity index is 170. The van der Waals surface area contributed by atoms with Crippen molar-refractivity contribution in [2.45, 2.75) is 44.8 Å². The number of nitrogens with two attached hydrogens (primary N) is 1. The molecule has 78 valence electrons. The molecule has 0 aliphatic carbocycles. The summed E-state index contributed by atoms with van der Waals surface area (Å²) in [6.07, 6.45) is 2.02. The second-order valence-electron chi connectivity index (χ2n) is 3.31. The third-order valence-electron chi connectivity index (χ3n) is 2.20. The van der Waals surface area contributed by atoms with Gasteiger partial charge in [-0.1, -0.05) is 19.8 Å². The Hall–Kier alpha value is -0.610. The maximum absolute atomic E-state index is 11.2. The smallest absolute Gasteiger partial charge is 0.339 e. The fraction of sp³-hybridized carbons (Fsp3) is 0.889. The topological polar surface area (TPSA) is 72.5 Å². The number of methoxy groups -OCH3 is 1. The molecule has 0 aromatic rings. The minimum Gasteiger partial charge on any atom is -0.467 e. The van der Waals surface area contributed by atoms with Crippen molar-refractivity contribution < 1.29 is 14.6 Å². The Labute approximate surface area is 79.1 Å². The minimum atomic E-state index is -1.52. The van der Waals surface area contributed by atoms with Gasteiger partial charge in [-0.25, -0.2) is 4.79 Å². The van der Waals surface area contributed by atoms with Crippen LogP contribution in [0.25, 0.3) is 0 Å². The van der Waals surface area contributed by atoms with E-state index in [9.17, 15) is 9.90 Å². The van der Waals surface area contributed by atoms with Crippen LogP contribution in [0.4, 0.5) is 0 Å². The van der Waals surface area contributed by atoms with E-state index in [-0.39, 0.29) is 0 Å². The number of carbonyl (C=O) groups excluding carboxylic acids is 1. The van der Waals surface area contributed by atoms with Gasteiger partial charge in [-0.3, -0.25) is 0 Å². The minimum absolute atomic E-state index is 0.355. The number of hydrogen-bond acceptors (Lipinski definition) is 4. The van der Waals surface area contributed by atoms with Gasteiger partial charge in [0.1, 0.15) is 0 Å². The van der Waals surface area contributed by atoms with E-state index in [1.807, 2.05) is 6.92 Å². The zero-order chi connectivity index (χ0) is 10.5. The van der Waals surface area contributed by atoms with Gasteiger partial charge in [-0.05, 0) is 13.3 Å². The van der Waals surface area contributed by atoms with Crippen molar-refractivity contribution in [3.8, 4) is 0 Å². The molecule has 0 amide bonds. The zero-order valence-corrected chi connectivity index (χ0v) is 8.54. The lowest BCUT2D eigenvalue weighted by Crippen LogP contribution is -2.53. The lowest BCUT2D eigenvalue weighted by atomic mass is 9.90. The first kappa shape index (κ1) is 12.4. The Morgan fingerprint density at radius 2 is 2.23 bits per heavy atom. The van der Waals surface area contributed by atoms with Crippen LogP contribution in [0.15, 0.2) is 0 Å². The van der Waals surface area contributed by atoms with Crippen LogP contribution in [-0.2, 0) is 9.53 Å². The molecule has 2 atom stereocenters. The van der Waals surface area contributed by atoms with E-state index in [1.54, 1.807) is 6.92 Å². The SMILES string of the molecule is CCCCC(O)(C(=O)OC)C(C)N. The third-order valence-corrected chi connectivity index (χ3v) is 2.20. The number of hydrogen-bond donors (Lipinski definition) is 2. The van der Waals surface area contributed by atoms with E-state index in [1.165, 1.54) is 7.11 Å². The second kappa shape index (κ2) is 5.19. The summed E-state index contributed by atoms with van der Waals surface area (Å²) in [6.45, 7) is 3.59. The number of aliphatic hydroxyl groups is 1. The summed E-state index contributed by atoms with van der Waals surface area (Å²) in [4.78, 5) is 11.2. The van der Waals surface area contributed by atoms with Crippen LogP contribution in [-0.4, -0.2) is 29.8 Å². The van der Waals surface area contributed by atoms with Crippen molar-refractivity contribution in [1.82, 2.24) is 0 Å². The van der Waals surface area contributed by atoms with Gasteiger partial charge in [0, 0.05) is 6.04 Å².